The van der Waals surface area contributed by atoms with Crippen LogP contribution in [0.2, 0.25) is 0 Å². The van der Waals surface area contributed by atoms with Gasteiger partial charge in [0, 0.05) is 51.2 Å². The number of hydrogen-bond donors (Lipinski definition) is 2. The van der Waals surface area contributed by atoms with Crippen LogP contribution in [0.5, 0.6) is 0 Å². The summed E-state index contributed by atoms with van der Waals surface area (Å²) in [5, 5.41) is 6.73. The van der Waals surface area contributed by atoms with Crippen LogP contribution < -0.4 is 10.6 Å². The Balaban J connectivity index is 1.70. The first-order valence-electron chi connectivity index (χ1n) is 10.2. The van der Waals surface area contributed by atoms with Gasteiger partial charge in [-0.2, -0.15) is 0 Å². The molecule has 1 unspecified atom stereocenters. The highest BCUT2D eigenvalue weighted by atomic mass is 16.2. The minimum absolute atomic E-state index is 0.311. The Kier molecular flexibility index (Phi) is 8.52. The molecule has 2 rings (SSSR count). The van der Waals surface area contributed by atoms with E-state index in [-0.39, 0.29) is 0 Å². The fraction of sp³-hybridized carbons (Fsp3) is 0.895. The van der Waals surface area contributed by atoms with E-state index in [0.29, 0.717) is 17.9 Å². The fourth-order valence-electron chi connectivity index (χ4n) is 3.58. The van der Waals surface area contributed by atoms with Gasteiger partial charge in [0.05, 0.1) is 6.54 Å². The summed E-state index contributed by atoms with van der Waals surface area (Å²) in [5.41, 5.74) is 0. The molecule has 2 N–H and O–H groups in total. The first-order chi connectivity index (χ1) is 12.1. The molecule has 0 bridgehead atoms. The summed E-state index contributed by atoms with van der Waals surface area (Å²) in [6, 6.07) is 0.433. The van der Waals surface area contributed by atoms with Crippen LogP contribution in [0.1, 0.15) is 52.9 Å². The minimum Gasteiger partial charge on any atom is -0.357 e. The number of carbonyl (C=O) groups excluding carboxylic acids is 1. The lowest BCUT2D eigenvalue weighted by molar-refractivity contribution is -0.137. The highest BCUT2D eigenvalue weighted by Crippen LogP contribution is 2.26. The van der Waals surface area contributed by atoms with Gasteiger partial charge in [-0.15, -0.1) is 0 Å². The maximum absolute atomic E-state index is 12.5. The van der Waals surface area contributed by atoms with Gasteiger partial charge >= 0.3 is 0 Å². The zero-order valence-corrected chi connectivity index (χ0v) is 16.4. The van der Waals surface area contributed by atoms with E-state index >= 15 is 0 Å². The lowest BCUT2D eigenvalue weighted by Gasteiger charge is -2.35. The first-order valence-corrected chi connectivity index (χ1v) is 10.2. The smallest absolute Gasteiger partial charge is 0.225 e. The molecular weight excluding hydrogens is 314 g/mol. The second kappa shape index (κ2) is 10.6. The standard InChI is InChI=1S/C19H37N5O/c1-4-16(3)22-19(20-5-2)21-10-11-23-12-14-24(15-13-23)18(25)17-8-6-7-9-17/h16-17H,4-15H2,1-3H3,(H2,20,21,22). The van der Waals surface area contributed by atoms with Crippen LogP contribution in [-0.4, -0.2) is 73.5 Å². The van der Waals surface area contributed by atoms with Crippen molar-refractivity contribution < 1.29 is 4.79 Å². The van der Waals surface area contributed by atoms with Crippen molar-refractivity contribution in [3.63, 3.8) is 0 Å². The lowest BCUT2D eigenvalue weighted by Crippen LogP contribution is -2.50. The van der Waals surface area contributed by atoms with Gasteiger partial charge < -0.3 is 15.5 Å². The highest BCUT2D eigenvalue weighted by molar-refractivity contribution is 5.80. The maximum atomic E-state index is 12.5. The second-order valence-corrected chi connectivity index (χ2v) is 7.36. The summed E-state index contributed by atoms with van der Waals surface area (Å²) in [4.78, 5) is 21.7. The summed E-state index contributed by atoms with van der Waals surface area (Å²) in [5.74, 6) is 1.62. The average Bonchev–Trinajstić information content (AvgIpc) is 3.16. The largest absolute Gasteiger partial charge is 0.357 e. The minimum atomic E-state index is 0.311. The SMILES string of the molecule is CCNC(=NCCN1CCN(C(=O)C2CCCC2)CC1)NC(C)CC. The molecule has 2 aliphatic rings. The Bertz CT molecular complexity index is 426. The van der Waals surface area contributed by atoms with Crippen molar-refractivity contribution in [3.8, 4) is 0 Å². The van der Waals surface area contributed by atoms with E-state index in [0.717, 1.165) is 71.0 Å². The predicted octanol–water partition coefficient (Wildman–Crippen LogP) is 1.67. The summed E-state index contributed by atoms with van der Waals surface area (Å²) >= 11 is 0. The Morgan fingerprint density at radius 2 is 1.84 bits per heavy atom. The number of aliphatic imine (C=N–C) groups is 1. The van der Waals surface area contributed by atoms with Crippen LogP contribution in [0.25, 0.3) is 0 Å². The molecule has 2 fully saturated rings. The molecule has 25 heavy (non-hydrogen) atoms. The molecule has 1 saturated carbocycles. The van der Waals surface area contributed by atoms with E-state index in [4.69, 9.17) is 0 Å². The third-order valence-electron chi connectivity index (χ3n) is 5.41. The topological polar surface area (TPSA) is 60.0 Å². The first kappa shape index (κ1) is 20.0. The molecule has 144 valence electrons. The van der Waals surface area contributed by atoms with Gasteiger partial charge in [0.25, 0.3) is 0 Å². The van der Waals surface area contributed by atoms with E-state index in [1.165, 1.54) is 12.8 Å². The Morgan fingerprint density at radius 1 is 1.16 bits per heavy atom. The molecule has 1 saturated heterocycles. The van der Waals surface area contributed by atoms with Crippen molar-refractivity contribution in [2.24, 2.45) is 10.9 Å². The molecule has 0 radical (unpaired) electrons. The van der Waals surface area contributed by atoms with Crippen LogP contribution >= 0.6 is 0 Å². The Morgan fingerprint density at radius 3 is 2.44 bits per heavy atom. The summed E-state index contributed by atoms with van der Waals surface area (Å²) in [6.07, 6.45) is 5.75. The van der Waals surface area contributed by atoms with Crippen molar-refractivity contribution in [3.05, 3.63) is 0 Å². The van der Waals surface area contributed by atoms with Crippen molar-refractivity contribution in [2.45, 2.75) is 58.9 Å². The van der Waals surface area contributed by atoms with Crippen molar-refractivity contribution >= 4 is 11.9 Å². The zero-order chi connectivity index (χ0) is 18.1. The number of guanidine groups is 1. The Labute approximate surface area is 153 Å². The van der Waals surface area contributed by atoms with E-state index in [9.17, 15) is 4.79 Å². The molecule has 1 aliphatic heterocycles. The van der Waals surface area contributed by atoms with Crippen LogP contribution in [0.15, 0.2) is 4.99 Å². The van der Waals surface area contributed by atoms with Crippen LogP contribution in [0, 0.1) is 5.92 Å². The van der Waals surface area contributed by atoms with Crippen LogP contribution in [0.3, 0.4) is 0 Å². The van der Waals surface area contributed by atoms with Crippen molar-refractivity contribution in [1.82, 2.24) is 20.4 Å². The molecule has 0 aromatic rings. The molecule has 1 heterocycles. The monoisotopic (exact) mass is 351 g/mol. The predicted molar refractivity (Wildman–Crippen MR) is 104 cm³/mol. The van der Waals surface area contributed by atoms with Crippen LogP contribution in [-0.2, 0) is 4.79 Å². The molecule has 0 aromatic carbocycles. The molecule has 6 nitrogen and oxygen atoms in total. The summed E-state index contributed by atoms with van der Waals surface area (Å²) < 4.78 is 0. The zero-order valence-electron chi connectivity index (χ0n) is 16.4. The average molecular weight is 352 g/mol. The highest BCUT2D eigenvalue weighted by Gasteiger charge is 2.29. The lowest BCUT2D eigenvalue weighted by atomic mass is 10.1. The van der Waals surface area contributed by atoms with Crippen molar-refractivity contribution in [1.29, 1.82) is 0 Å². The van der Waals surface area contributed by atoms with Gasteiger partial charge in [-0.25, -0.2) is 0 Å². The van der Waals surface area contributed by atoms with E-state index in [1.807, 2.05) is 0 Å². The number of amides is 1. The van der Waals surface area contributed by atoms with Gasteiger partial charge in [0.15, 0.2) is 5.96 Å². The molecule has 1 atom stereocenters. The van der Waals surface area contributed by atoms with Gasteiger partial charge in [0.1, 0.15) is 0 Å². The molecule has 1 aliphatic carbocycles. The second-order valence-electron chi connectivity index (χ2n) is 7.36. The number of hydrogen-bond acceptors (Lipinski definition) is 3. The summed E-state index contributed by atoms with van der Waals surface area (Å²) in [7, 11) is 0. The molecule has 0 aromatic heterocycles. The molecule has 0 spiro atoms. The molecular formula is C19H37N5O. The number of rotatable bonds is 7. The fourth-order valence-corrected chi connectivity index (χ4v) is 3.58. The van der Waals surface area contributed by atoms with Gasteiger partial charge in [-0.3, -0.25) is 14.7 Å². The van der Waals surface area contributed by atoms with Gasteiger partial charge in [-0.1, -0.05) is 19.8 Å². The maximum Gasteiger partial charge on any atom is 0.225 e. The van der Waals surface area contributed by atoms with Gasteiger partial charge in [-0.05, 0) is 33.1 Å². The van der Waals surface area contributed by atoms with E-state index in [1.54, 1.807) is 0 Å². The third-order valence-corrected chi connectivity index (χ3v) is 5.41. The molecule has 6 heteroatoms. The van der Waals surface area contributed by atoms with Crippen molar-refractivity contribution in [2.75, 3.05) is 45.8 Å². The normalized spacial score (nSPS) is 21.4. The summed E-state index contributed by atoms with van der Waals surface area (Å²) in [6.45, 7) is 12.8. The number of piperazine rings is 1. The quantitative estimate of drug-likeness (QED) is 0.541. The number of nitrogens with one attached hydrogen (secondary N) is 2. The molecule has 1 amide bonds. The third kappa shape index (κ3) is 6.49. The Hall–Kier alpha value is -1.30. The van der Waals surface area contributed by atoms with E-state index < -0.39 is 0 Å². The van der Waals surface area contributed by atoms with E-state index in [2.05, 4.69) is 46.2 Å². The number of carbonyl (C=O) groups is 1. The van der Waals surface area contributed by atoms with Crippen LogP contribution in [0.4, 0.5) is 0 Å². The number of nitrogens with zero attached hydrogens (tertiary/aromatic N) is 3. The van der Waals surface area contributed by atoms with Gasteiger partial charge in [0.2, 0.25) is 5.91 Å².